The number of nitrogens with zero attached hydrogens (tertiary/aromatic N) is 6. The number of carbonyl (C=O) groups excluding carboxylic acids is 1. The lowest BCUT2D eigenvalue weighted by Crippen LogP contribution is -2.44. The van der Waals surface area contributed by atoms with Crippen molar-refractivity contribution in [1.82, 2.24) is 30.6 Å². The number of hydrogen-bond acceptors (Lipinski definition) is 6. The minimum atomic E-state index is 0.0230. The molecule has 0 spiro atoms. The Morgan fingerprint density at radius 1 is 1.29 bits per heavy atom. The average Bonchev–Trinajstić information content (AvgIpc) is 3.16. The van der Waals surface area contributed by atoms with Gasteiger partial charge < -0.3 is 10.2 Å². The second-order valence-corrected chi connectivity index (χ2v) is 7.66. The van der Waals surface area contributed by atoms with Gasteiger partial charge in [0.25, 0.3) is 0 Å². The fourth-order valence-electron chi connectivity index (χ4n) is 3.61. The van der Waals surface area contributed by atoms with Gasteiger partial charge in [0.15, 0.2) is 11.5 Å². The maximum Gasteiger partial charge on any atom is 0.223 e. The Morgan fingerprint density at radius 3 is 2.89 bits per heavy atom. The summed E-state index contributed by atoms with van der Waals surface area (Å²) in [6.07, 6.45) is 2.36. The highest BCUT2D eigenvalue weighted by atomic mass is 35.5. The Kier molecular flexibility index (Phi) is 5.38. The summed E-state index contributed by atoms with van der Waals surface area (Å²) in [5, 5.41) is 19.6. The van der Waals surface area contributed by atoms with Crippen LogP contribution in [0.25, 0.3) is 5.65 Å². The first kappa shape index (κ1) is 18.6. The fourth-order valence-corrected chi connectivity index (χ4v) is 3.82. The van der Waals surface area contributed by atoms with E-state index in [0.29, 0.717) is 5.65 Å². The molecule has 1 amide bonds. The van der Waals surface area contributed by atoms with Gasteiger partial charge in [-0.2, -0.15) is 0 Å². The molecule has 8 nitrogen and oxygen atoms in total. The molecule has 3 aromatic rings. The zero-order valence-electron chi connectivity index (χ0n) is 15.6. The molecule has 1 N–H and O–H groups in total. The average molecular weight is 400 g/mol. The molecule has 28 heavy (non-hydrogen) atoms. The van der Waals surface area contributed by atoms with Crippen molar-refractivity contribution in [2.45, 2.75) is 32.2 Å². The summed E-state index contributed by atoms with van der Waals surface area (Å²) in [7, 11) is 0. The van der Waals surface area contributed by atoms with Crippen molar-refractivity contribution in [3.8, 4) is 0 Å². The van der Waals surface area contributed by atoms with Gasteiger partial charge in [0.1, 0.15) is 0 Å². The Hall–Kier alpha value is -2.74. The summed E-state index contributed by atoms with van der Waals surface area (Å²) >= 11 is 6.04. The molecule has 1 fully saturated rings. The van der Waals surface area contributed by atoms with E-state index >= 15 is 0 Å². The number of amides is 1. The molecule has 1 aliphatic rings. The van der Waals surface area contributed by atoms with Crippen LogP contribution in [-0.2, 0) is 11.2 Å². The van der Waals surface area contributed by atoms with Gasteiger partial charge >= 0.3 is 0 Å². The number of aromatic nitrogens is 5. The van der Waals surface area contributed by atoms with Crippen molar-refractivity contribution in [3.63, 3.8) is 0 Å². The zero-order chi connectivity index (χ0) is 19.5. The van der Waals surface area contributed by atoms with E-state index in [1.807, 2.05) is 43.3 Å². The summed E-state index contributed by atoms with van der Waals surface area (Å²) in [5.41, 5.74) is 1.74. The van der Waals surface area contributed by atoms with Crippen molar-refractivity contribution in [3.05, 3.63) is 47.0 Å². The lowest BCUT2D eigenvalue weighted by atomic mass is 9.95. The number of nitrogens with one attached hydrogen (secondary N) is 1. The Balaban J connectivity index is 1.29. The van der Waals surface area contributed by atoms with Gasteiger partial charge in [0.05, 0.1) is 0 Å². The van der Waals surface area contributed by atoms with E-state index in [9.17, 15) is 4.79 Å². The smallest absolute Gasteiger partial charge is 0.223 e. The SMILES string of the molecule is C[C@H](Cc1cccc(Cl)c1)NC(=O)C1CCN(c2ccc3nnnn3n2)CC1. The summed E-state index contributed by atoms with van der Waals surface area (Å²) in [5.74, 6) is 0.973. The number of benzene rings is 1. The van der Waals surface area contributed by atoms with Crippen molar-refractivity contribution < 1.29 is 4.79 Å². The van der Waals surface area contributed by atoms with Crippen LogP contribution in [-0.4, -0.2) is 50.3 Å². The Bertz CT molecular complexity index is 968. The molecule has 1 atom stereocenters. The van der Waals surface area contributed by atoms with E-state index < -0.39 is 0 Å². The van der Waals surface area contributed by atoms with Crippen LogP contribution in [0.2, 0.25) is 5.02 Å². The standard InChI is InChI=1S/C19H22ClN7O/c1-13(11-14-3-2-4-16(20)12-14)21-19(28)15-7-9-26(10-8-15)18-6-5-17-22-24-25-27(17)23-18/h2-6,12-13,15H,7-11H2,1H3,(H,21,28)/t13-/m1/s1. The number of fused-ring (bicyclic) bond motifs is 1. The third kappa shape index (κ3) is 4.22. The molecule has 9 heteroatoms. The summed E-state index contributed by atoms with van der Waals surface area (Å²) in [6.45, 7) is 3.59. The van der Waals surface area contributed by atoms with Crippen molar-refractivity contribution >= 4 is 29.0 Å². The normalized spacial score (nSPS) is 16.3. The van der Waals surface area contributed by atoms with Crippen LogP contribution in [0.1, 0.15) is 25.3 Å². The maximum absolute atomic E-state index is 12.6. The zero-order valence-corrected chi connectivity index (χ0v) is 16.4. The Morgan fingerprint density at radius 2 is 2.11 bits per heavy atom. The van der Waals surface area contributed by atoms with Gasteiger partial charge in [0, 0.05) is 30.1 Å². The molecule has 1 saturated heterocycles. The first-order valence-corrected chi connectivity index (χ1v) is 9.81. The number of carbonyl (C=O) groups is 1. The minimum absolute atomic E-state index is 0.0230. The monoisotopic (exact) mass is 399 g/mol. The quantitative estimate of drug-likeness (QED) is 0.707. The highest BCUT2D eigenvalue weighted by molar-refractivity contribution is 6.30. The lowest BCUT2D eigenvalue weighted by molar-refractivity contribution is -0.126. The molecule has 1 aromatic carbocycles. The molecular formula is C19H22ClN7O. The van der Waals surface area contributed by atoms with E-state index in [0.717, 1.165) is 48.8 Å². The van der Waals surface area contributed by atoms with Crippen molar-refractivity contribution in [2.75, 3.05) is 18.0 Å². The summed E-state index contributed by atoms with van der Waals surface area (Å²) in [4.78, 5) is 14.8. The first-order valence-electron chi connectivity index (χ1n) is 9.44. The predicted octanol–water partition coefficient (Wildman–Crippen LogP) is 2.14. The van der Waals surface area contributed by atoms with Crippen LogP contribution in [0.15, 0.2) is 36.4 Å². The van der Waals surface area contributed by atoms with E-state index in [2.05, 4.69) is 30.8 Å². The third-order valence-corrected chi connectivity index (χ3v) is 5.30. The Labute approximate surface area is 167 Å². The maximum atomic E-state index is 12.6. The van der Waals surface area contributed by atoms with Crippen LogP contribution in [0.3, 0.4) is 0 Å². The van der Waals surface area contributed by atoms with E-state index in [1.165, 1.54) is 4.63 Å². The third-order valence-electron chi connectivity index (χ3n) is 5.06. The van der Waals surface area contributed by atoms with Gasteiger partial charge in [-0.1, -0.05) is 23.7 Å². The largest absolute Gasteiger partial charge is 0.355 e. The summed E-state index contributed by atoms with van der Waals surface area (Å²) < 4.78 is 1.42. The summed E-state index contributed by atoms with van der Waals surface area (Å²) in [6, 6.07) is 11.6. The molecular weight excluding hydrogens is 378 g/mol. The number of halogens is 1. The van der Waals surface area contributed by atoms with E-state index in [1.54, 1.807) is 0 Å². The second-order valence-electron chi connectivity index (χ2n) is 7.22. The molecule has 0 aliphatic carbocycles. The molecule has 0 radical (unpaired) electrons. The highest BCUT2D eigenvalue weighted by Gasteiger charge is 2.26. The molecule has 3 heterocycles. The number of anilines is 1. The predicted molar refractivity (Wildman–Crippen MR) is 106 cm³/mol. The van der Waals surface area contributed by atoms with Gasteiger partial charge in [-0.25, -0.2) is 0 Å². The number of tetrazole rings is 1. The lowest BCUT2D eigenvalue weighted by Gasteiger charge is -2.32. The fraction of sp³-hybridized carbons (Fsp3) is 0.421. The van der Waals surface area contributed by atoms with Crippen LogP contribution < -0.4 is 10.2 Å². The van der Waals surface area contributed by atoms with Gasteiger partial charge in [0.2, 0.25) is 5.91 Å². The van der Waals surface area contributed by atoms with Crippen molar-refractivity contribution in [2.24, 2.45) is 5.92 Å². The number of piperidine rings is 1. The molecule has 0 bridgehead atoms. The molecule has 0 unspecified atom stereocenters. The van der Waals surface area contributed by atoms with E-state index in [-0.39, 0.29) is 17.9 Å². The number of hydrogen-bond donors (Lipinski definition) is 1. The van der Waals surface area contributed by atoms with Crippen LogP contribution in [0.5, 0.6) is 0 Å². The topological polar surface area (TPSA) is 88.3 Å². The molecule has 4 rings (SSSR count). The van der Waals surface area contributed by atoms with Gasteiger partial charge in [-0.3, -0.25) is 4.79 Å². The van der Waals surface area contributed by atoms with Crippen molar-refractivity contribution in [1.29, 1.82) is 0 Å². The van der Waals surface area contributed by atoms with E-state index in [4.69, 9.17) is 11.6 Å². The molecule has 1 aliphatic heterocycles. The second kappa shape index (κ2) is 8.10. The molecule has 2 aromatic heterocycles. The van der Waals surface area contributed by atoms with Crippen LogP contribution in [0.4, 0.5) is 5.82 Å². The first-order chi connectivity index (χ1) is 13.6. The molecule has 0 saturated carbocycles. The highest BCUT2D eigenvalue weighted by Crippen LogP contribution is 2.22. The van der Waals surface area contributed by atoms with Gasteiger partial charge in [-0.15, -0.1) is 14.8 Å². The van der Waals surface area contributed by atoms with Crippen LogP contribution >= 0.6 is 11.6 Å². The number of rotatable bonds is 5. The van der Waals surface area contributed by atoms with Gasteiger partial charge in [-0.05, 0) is 66.4 Å². The molecule has 146 valence electrons. The minimum Gasteiger partial charge on any atom is -0.355 e. The van der Waals surface area contributed by atoms with Crippen LogP contribution in [0, 0.1) is 5.92 Å².